The maximum atomic E-state index is 12.6. The second-order valence-corrected chi connectivity index (χ2v) is 7.89. The van der Waals surface area contributed by atoms with Crippen LogP contribution in [0.1, 0.15) is 27.0 Å². The molecule has 3 aromatic rings. The largest absolute Gasteiger partial charge is 0.496 e. The highest BCUT2D eigenvalue weighted by molar-refractivity contribution is 9.10. The summed E-state index contributed by atoms with van der Waals surface area (Å²) in [6, 6.07) is 21.6. The van der Waals surface area contributed by atoms with Gasteiger partial charge in [-0.1, -0.05) is 46.3 Å². The summed E-state index contributed by atoms with van der Waals surface area (Å²) in [5.41, 5.74) is 3.52. The predicted octanol–water partition coefficient (Wildman–Crippen LogP) is 5.38. The molecule has 0 bridgehead atoms. The highest BCUT2D eigenvalue weighted by atomic mass is 79.9. The first-order valence-electron chi connectivity index (χ1n) is 9.97. The number of amides is 1. The van der Waals surface area contributed by atoms with Gasteiger partial charge in [-0.15, -0.1) is 0 Å². The lowest BCUT2D eigenvalue weighted by Gasteiger charge is -2.11. The number of carbonyl (C=O) groups excluding carboxylic acids is 2. The lowest BCUT2D eigenvalue weighted by Crippen LogP contribution is -2.13. The Bertz CT molecular complexity index is 1240. The standard InChI is InChI=1S/C26H21BrN2O4/c1-32-24-14-17(7-8-20(24)15-19-5-3-4-6-23(19)27)13-21(16-28)25(30)29-22-11-9-18(10-12-22)26(31)33-2/h3-14H,15H2,1-2H3,(H,29,30)/b21-13+. The van der Waals surface area contributed by atoms with Gasteiger partial charge in [0.15, 0.2) is 0 Å². The third kappa shape index (κ3) is 6.09. The molecule has 0 aliphatic rings. The van der Waals surface area contributed by atoms with Crippen LogP contribution in [0.2, 0.25) is 0 Å². The van der Waals surface area contributed by atoms with Crippen LogP contribution in [0.5, 0.6) is 5.75 Å². The van der Waals surface area contributed by atoms with Gasteiger partial charge in [0.05, 0.1) is 19.8 Å². The fourth-order valence-electron chi connectivity index (χ4n) is 3.17. The number of halogens is 1. The number of nitrogens with one attached hydrogen (secondary N) is 1. The Morgan fingerprint density at radius 1 is 1.03 bits per heavy atom. The zero-order chi connectivity index (χ0) is 23.8. The maximum Gasteiger partial charge on any atom is 0.337 e. The molecule has 6 nitrogen and oxygen atoms in total. The first kappa shape index (κ1) is 23.8. The molecule has 3 aromatic carbocycles. The zero-order valence-corrected chi connectivity index (χ0v) is 19.7. The van der Waals surface area contributed by atoms with Crippen molar-refractivity contribution in [1.82, 2.24) is 0 Å². The summed E-state index contributed by atoms with van der Waals surface area (Å²) in [7, 11) is 2.88. The minimum atomic E-state index is -0.556. The monoisotopic (exact) mass is 504 g/mol. The Kier molecular flexibility index (Phi) is 8.01. The molecule has 0 atom stereocenters. The van der Waals surface area contributed by atoms with E-state index in [1.54, 1.807) is 25.3 Å². The quantitative estimate of drug-likeness (QED) is 0.265. The first-order chi connectivity index (χ1) is 15.9. The van der Waals surface area contributed by atoms with Crippen LogP contribution in [0.4, 0.5) is 5.69 Å². The number of nitriles is 1. The summed E-state index contributed by atoms with van der Waals surface area (Å²) >= 11 is 3.56. The third-order valence-corrected chi connectivity index (χ3v) is 5.66. The van der Waals surface area contributed by atoms with Crippen LogP contribution < -0.4 is 10.1 Å². The molecule has 0 aromatic heterocycles. The van der Waals surface area contributed by atoms with E-state index >= 15 is 0 Å². The average molecular weight is 505 g/mol. The van der Waals surface area contributed by atoms with Crippen molar-refractivity contribution in [2.45, 2.75) is 6.42 Å². The van der Waals surface area contributed by atoms with Crippen LogP contribution in [0.3, 0.4) is 0 Å². The van der Waals surface area contributed by atoms with E-state index in [4.69, 9.17) is 4.74 Å². The minimum Gasteiger partial charge on any atom is -0.496 e. The number of benzene rings is 3. The lowest BCUT2D eigenvalue weighted by atomic mass is 10.0. The van der Waals surface area contributed by atoms with Gasteiger partial charge in [0.2, 0.25) is 0 Å². The van der Waals surface area contributed by atoms with E-state index in [1.807, 2.05) is 42.5 Å². The first-order valence-corrected chi connectivity index (χ1v) is 10.8. The Labute approximate surface area is 200 Å². The molecule has 1 N–H and O–H groups in total. The summed E-state index contributed by atoms with van der Waals surface area (Å²) in [4.78, 5) is 24.1. The van der Waals surface area contributed by atoms with Crippen LogP contribution in [-0.2, 0) is 16.0 Å². The van der Waals surface area contributed by atoms with Crippen molar-refractivity contribution >= 4 is 39.6 Å². The Balaban J connectivity index is 1.78. The fraction of sp³-hybridized carbons (Fsp3) is 0.115. The van der Waals surface area contributed by atoms with Crippen molar-refractivity contribution < 1.29 is 19.1 Å². The second-order valence-electron chi connectivity index (χ2n) is 7.03. The molecule has 7 heteroatoms. The molecule has 0 heterocycles. The van der Waals surface area contributed by atoms with E-state index in [2.05, 4.69) is 26.0 Å². The number of anilines is 1. The van der Waals surface area contributed by atoms with Gasteiger partial charge in [0.1, 0.15) is 17.4 Å². The highest BCUT2D eigenvalue weighted by Gasteiger charge is 2.12. The fourth-order valence-corrected chi connectivity index (χ4v) is 3.59. The van der Waals surface area contributed by atoms with Crippen LogP contribution >= 0.6 is 15.9 Å². The molecule has 166 valence electrons. The molecular formula is C26H21BrN2O4. The number of ether oxygens (including phenoxy) is 2. The van der Waals surface area contributed by atoms with Gasteiger partial charge < -0.3 is 14.8 Å². The van der Waals surface area contributed by atoms with Crippen molar-refractivity contribution in [3.63, 3.8) is 0 Å². The Morgan fingerprint density at radius 2 is 1.76 bits per heavy atom. The summed E-state index contributed by atoms with van der Waals surface area (Å²) in [6.45, 7) is 0. The molecule has 1 amide bonds. The lowest BCUT2D eigenvalue weighted by molar-refractivity contribution is -0.112. The SMILES string of the molecule is COC(=O)c1ccc(NC(=O)/C(C#N)=C/c2ccc(Cc3ccccc3Br)c(OC)c2)cc1. The third-order valence-electron chi connectivity index (χ3n) is 4.89. The maximum absolute atomic E-state index is 12.6. The van der Waals surface area contributed by atoms with Gasteiger partial charge >= 0.3 is 5.97 Å². The van der Waals surface area contributed by atoms with Crippen molar-refractivity contribution in [2.24, 2.45) is 0 Å². The normalized spacial score (nSPS) is 10.8. The number of hydrogen-bond donors (Lipinski definition) is 1. The molecule has 3 rings (SSSR count). The number of methoxy groups -OCH3 is 2. The van der Waals surface area contributed by atoms with Crippen molar-refractivity contribution in [1.29, 1.82) is 5.26 Å². The van der Waals surface area contributed by atoms with E-state index in [-0.39, 0.29) is 5.57 Å². The molecule has 0 saturated carbocycles. The van der Waals surface area contributed by atoms with Crippen molar-refractivity contribution in [3.05, 3.63) is 99.0 Å². The van der Waals surface area contributed by atoms with Crippen molar-refractivity contribution in [3.8, 4) is 11.8 Å². The van der Waals surface area contributed by atoms with Gasteiger partial charge in [-0.3, -0.25) is 4.79 Å². The average Bonchev–Trinajstić information content (AvgIpc) is 2.84. The number of nitrogens with zero attached hydrogens (tertiary/aromatic N) is 1. The van der Waals surface area contributed by atoms with Gasteiger partial charge in [0.25, 0.3) is 5.91 Å². The van der Waals surface area contributed by atoms with Crippen molar-refractivity contribution in [2.75, 3.05) is 19.5 Å². The van der Waals surface area contributed by atoms with Gasteiger partial charge in [-0.05, 0) is 59.2 Å². The van der Waals surface area contributed by atoms with E-state index < -0.39 is 11.9 Å². The van der Waals surface area contributed by atoms with Crippen LogP contribution in [0, 0.1) is 11.3 Å². The molecular weight excluding hydrogens is 484 g/mol. The Morgan fingerprint density at radius 3 is 2.39 bits per heavy atom. The van der Waals surface area contributed by atoms with E-state index in [1.165, 1.54) is 25.3 Å². The summed E-state index contributed by atoms with van der Waals surface area (Å²) in [5, 5.41) is 12.2. The highest BCUT2D eigenvalue weighted by Crippen LogP contribution is 2.27. The smallest absolute Gasteiger partial charge is 0.337 e. The molecule has 0 spiro atoms. The van der Waals surface area contributed by atoms with Gasteiger partial charge in [0, 0.05) is 16.6 Å². The van der Waals surface area contributed by atoms with E-state index in [9.17, 15) is 14.9 Å². The second kappa shape index (κ2) is 11.1. The molecule has 0 aliphatic heterocycles. The number of rotatable bonds is 7. The van der Waals surface area contributed by atoms with Crippen LogP contribution in [0.25, 0.3) is 6.08 Å². The number of carbonyl (C=O) groups is 2. The summed E-state index contributed by atoms with van der Waals surface area (Å²) in [6.07, 6.45) is 2.17. The molecule has 0 aliphatic carbocycles. The van der Waals surface area contributed by atoms with Crippen LogP contribution in [-0.4, -0.2) is 26.1 Å². The molecule has 0 unspecified atom stereocenters. The summed E-state index contributed by atoms with van der Waals surface area (Å²) in [5.74, 6) is -0.363. The number of hydrogen-bond acceptors (Lipinski definition) is 5. The number of esters is 1. The zero-order valence-electron chi connectivity index (χ0n) is 18.1. The molecule has 33 heavy (non-hydrogen) atoms. The molecule has 0 fully saturated rings. The molecule has 0 radical (unpaired) electrons. The minimum absolute atomic E-state index is 0.0624. The topological polar surface area (TPSA) is 88.4 Å². The van der Waals surface area contributed by atoms with Gasteiger partial charge in [-0.25, -0.2) is 4.79 Å². The van der Waals surface area contributed by atoms with E-state index in [0.29, 0.717) is 29.0 Å². The summed E-state index contributed by atoms with van der Waals surface area (Å²) < 4.78 is 11.2. The van der Waals surface area contributed by atoms with E-state index in [0.717, 1.165) is 15.6 Å². The Hall–Kier alpha value is -3.89. The molecule has 0 saturated heterocycles. The predicted molar refractivity (Wildman–Crippen MR) is 130 cm³/mol. The van der Waals surface area contributed by atoms with Gasteiger partial charge in [-0.2, -0.15) is 5.26 Å². The van der Waals surface area contributed by atoms with Crippen LogP contribution in [0.15, 0.2) is 76.8 Å².